The average molecular weight is 270 g/mol. The Morgan fingerprint density at radius 3 is 2.47 bits per heavy atom. The molecular weight excluding hydrogens is 240 g/mol. The predicted molar refractivity (Wildman–Crippen MR) is 78.4 cm³/mol. The number of hydrogen-bond donors (Lipinski definition) is 2. The summed E-state index contributed by atoms with van der Waals surface area (Å²) >= 11 is 0. The fourth-order valence-corrected chi connectivity index (χ4v) is 2.55. The van der Waals surface area contributed by atoms with Gasteiger partial charge in [0, 0.05) is 11.6 Å². The van der Waals surface area contributed by atoms with E-state index in [4.69, 9.17) is 0 Å². The first kappa shape index (κ1) is 16.4. The van der Waals surface area contributed by atoms with Crippen molar-refractivity contribution in [3.8, 4) is 0 Å². The molecule has 0 aromatic heterocycles. The third-order valence-electron chi connectivity index (χ3n) is 5.06. The Kier molecular flexibility index (Phi) is 5.39. The zero-order chi connectivity index (χ0) is 14.7. The second-order valence-corrected chi connectivity index (χ2v) is 6.90. The molecule has 0 radical (unpaired) electrons. The van der Waals surface area contributed by atoms with E-state index in [0.717, 1.165) is 13.0 Å². The highest BCUT2D eigenvalue weighted by atomic mass is 16.4. The molecule has 1 heterocycles. The van der Waals surface area contributed by atoms with Crippen LogP contribution in [0.25, 0.3) is 0 Å². The molecule has 1 rings (SSSR count). The van der Waals surface area contributed by atoms with E-state index < -0.39 is 16.9 Å². The Labute approximate surface area is 117 Å². The zero-order valence-electron chi connectivity index (χ0n) is 13.1. The number of nitrogens with one attached hydrogen (secondary N) is 1. The lowest BCUT2D eigenvalue weighted by Gasteiger charge is -2.40. The van der Waals surface area contributed by atoms with Crippen LogP contribution in [0, 0.1) is 5.41 Å². The lowest BCUT2D eigenvalue weighted by Crippen LogP contribution is -2.55. The van der Waals surface area contributed by atoms with Gasteiger partial charge in [-0.15, -0.1) is 0 Å². The fraction of sp³-hybridized carbons (Fsp3) is 0.933. The Balaban J connectivity index is 2.45. The van der Waals surface area contributed by atoms with Gasteiger partial charge in [-0.3, -0.25) is 4.79 Å². The Hall–Kier alpha value is -0.610. The summed E-state index contributed by atoms with van der Waals surface area (Å²) in [5.41, 5.74) is -1.18. The molecular formula is C15H30N2O2. The highest BCUT2D eigenvalue weighted by Crippen LogP contribution is 2.30. The minimum Gasteiger partial charge on any atom is -0.481 e. The third kappa shape index (κ3) is 3.93. The molecule has 0 saturated carbocycles. The van der Waals surface area contributed by atoms with Crippen LogP contribution >= 0.6 is 0 Å². The molecule has 19 heavy (non-hydrogen) atoms. The minimum absolute atomic E-state index is 0.411. The largest absolute Gasteiger partial charge is 0.481 e. The highest BCUT2D eigenvalue weighted by molar-refractivity contribution is 5.75. The van der Waals surface area contributed by atoms with Crippen molar-refractivity contribution in [2.45, 2.75) is 65.0 Å². The van der Waals surface area contributed by atoms with Gasteiger partial charge in [-0.2, -0.15) is 0 Å². The van der Waals surface area contributed by atoms with Gasteiger partial charge in [0.25, 0.3) is 0 Å². The standard InChI is InChI=1S/C15H30N2O2/c1-14(2,13(18)19)15(3,4)16-10-9-12-8-6-7-11-17(12)5/h12,16H,6-11H2,1-5H3,(H,18,19). The van der Waals surface area contributed by atoms with Gasteiger partial charge in [-0.1, -0.05) is 6.42 Å². The molecule has 0 aromatic carbocycles. The number of carboxylic acids is 1. The first-order chi connectivity index (χ1) is 8.68. The van der Waals surface area contributed by atoms with Gasteiger partial charge in [0.05, 0.1) is 5.41 Å². The molecule has 2 N–H and O–H groups in total. The predicted octanol–water partition coefficient (Wildman–Crippen LogP) is 2.34. The number of rotatable bonds is 6. The van der Waals surface area contributed by atoms with Crippen LogP contribution in [0.3, 0.4) is 0 Å². The molecule has 0 spiro atoms. The van der Waals surface area contributed by atoms with Crippen LogP contribution in [0.4, 0.5) is 0 Å². The molecule has 0 amide bonds. The smallest absolute Gasteiger partial charge is 0.310 e. The third-order valence-corrected chi connectivity index (χ3v) is 5.06. The monoisotopic (exact) mass is 270 g/mol. The number of hydrogen-bond acceptors (Lipinski definition) is 3. The number of aliphatic carboxylic acids is 1. The topological polar surface area (TPSA) is 52.6 Å². The Morgan fingerprint density at radius 2 is 1.95 bits per heavy atom. The fourth-order valence-electron chi connectivity index (χ4n) is 2.55. The summed E-state index contributed by atoms with van der Waals surface area (Å²) in [6, 6.07) is 0.644. The molecule has 0 aromatic rings. The van der Waals surface area contributed by atoms with Gasteiger partial charge in [-0.05, 0) is 67.1 Å². The highest BCUT2D eigenvalue weighted by Gasteiger charge is 2.43. The van der Waals surface area contributed by atoms with Crippen molar-refractivity contribution in [3.63, 3.8) is 0 Å². The number of piperidine rings is 1. The van der Waals surface area contributed by atoms with Crippen molar-refractivity contribution in [3.05, 3.63) is 0 Å². The summed E-state index contributed by atoms with van der Waals surface area (Å²) in [4.78, 5) is 13.8. The van der Waals surface area contributed by atoms with Gasteiger partial charge >= 0.3 is 5.97 Å². The summed E-state index contributed by atoms with van der Waals surface area (Å²) < 4.78 is 0. The average Bonchev–Trinajstić information content (AvgIpc) is 2.31. The van der Waals surface area contributed by atoms with Crippen LogP contribution in [0.1, 0.15) is 53.4 Å². The van der Waals surface area contributed by atoms with Crippen LogP contribution in [-0.4, -0.2) is 47.7 Å². The molecule has 4 nitrogen and oxygen atoms in total. The molecule has 1 saturated heterocycles. The van der Waals surface area contributed by atoms with Gasteiger partial charge in [0.15, 0.2) is 0 Å². The van der Waals surface area contributed by atoms with Gasteiger partial charge in [-0.25, -0.2) is 0 Å². The second kappa shape index (κ2) is 6.23. The van der Waals surface area contributed by atoms with Crippen LogP contribution < -0.4 is 5.32 Å². The second-order valence-electron chi connectivity index (χ2n) is 6.90. The summed E-state index contributed by atoms with van der Waals surface area (Å²) in [7, 11) is 2.19. The molecule has 1 atom stereocenters. The van der Waals surface area contributed by atoms with E-state index in [9.17, 15) is 9.90 Å². The minimum atomic E-state index is -0.772. The SMILES string of the molecule is CN1CCCCC1CCNC(C)(C)C(C)(C)C(=O)O. The molecule has 1 aliphatic rings. The maximum Gasteiger partial charge on any atom is 0.310 e. The van der Waals surface area contributed by atoms with Crippen molar-refractivity contribution < 1.29 is 9.90 Å². The molecule has 1 fully saturated rings. The van der Waals surface area contributed by atoms with E-state index >= 15 is 0 Å². The Bertz CT molecular complexity index is 313. The van der Waals surface area contributed by atoms with Crippen LogP contribution in [0.2, 0.25) is 0 Å². The van der Waals surface area contributed by atoms with E-state index in [1.807, 2.05) is 13.8 Å². The van der Waals surface area contributed by atoms with Crippen LogP contribution in [-0.2, 0) is 4.79 Å². The van der Waals surface area contributed by atoms with Crippen LogP contribution in [0.15, 0.2) is 0 Å². The number of nitrogens with zero attached hydrogens (tertiary/aromatic N) is 1. The van der Waals surface area contributed by atoms with E-state index in [0.29, 0.717) is 6.04 Å². The van der Waals surface area contributed by atoms with E-state index in [-0.39, 0.29) is 0 Å². The normalized spacial score (nSPS) is 22.5. The number of likely N-dealkylation sites (tertiary alicyclic amines) is 1. The van der Waals surface area contributed by atoms with Gasteiger partial charge in [0.2, 0.25) is 0 Å². The molecule has 112 valence electrons. The van der Waals surface area contributed by atoms with Crippen molar-refractivity contribution >= 4 is 5.97 Å². The van der Waals surface area contributed by atoms with Crippen molar-refractivity contribution in [2.24, 2.45) is 5.41 Å². The van der Waals surface area contributed by atoms with Crippen LogP contribution in [0.5, 0.6) is 0 Å². The molecule has 4 heteroatoms. The maximum atomic E-state index is 11.3. The number of carboxylic acid groups (broad SMARTS) is 1. The zero-order valence-corrected chi connectivity index (χ0v) is 13.1. The molecule has 0 bridgehead atoms. The Morgan fingerprint density at radius 1 is 1.32 bits per heavy atom. The van der Waals surface area contributed by atoms with E-state index in [2.05, 4.69) is 17.3 Å². The van der Waals surface area contributed by atoms with Gasteiger partial charge < -0.3 is 15.3 Å². The maximum absolute atomic E-state index is 11.3. The van der Waals surface area contributed by atoms with Gasteiger partial charge in [0.1, 0.15) is 0 Å². The first-order valence-corrected chi connectivity index (χ1v) is 7.37. The first-order valence-electron chi connectivity index (χ1n) is 7.37. The quantitative estimate of drug-likeness (QED) is 0.778. The number of carbonyl (C=O) groups is 1. The molecule has 1 unspecified atom stereocenters. The lowest BCUT2D eigenvalue weighted by molar-refractivity contribution is -0.151. The van der Waals surface area contributed by atoms with Crippen molar-refractivity contribution in [2.75, 3.05) is 20.1 Å². The summed E-state index contributed by atoms with van der Waals surface area (Å²) in [6.07, 6.45) is 4.98. The summed E-state index contributed by atoms with van der Waals surface area (Å²) in [5, 5.41) is 12.8. The lowest BCUT2D eigenvalue weighted by atomic mass is 9.74. The van der Waals surface area contributed by atoms with Crippen molar-refractivity contribution in [1.29, 1.82) is 0 Å². The van der Waals surface area contributed by atoms with E-state index in [1.54, 1.807) is 13.8 Å². The summed E-state index contributed by atoms with van der Waals surface area (Å²) in [5.74, 6) is -0.750. The van der Waals surface area contributed by atoms with Crippen molar-refractivity contribution in [1.82, 2.24) is 10.2 Å². The summed E-state index contributed by atoms with van der Waals surface area (Å²) in [6.45, 7) is 9.59. The van der Waals surface area contributed by atoms with E-state index in [1.165, 1.54) is 25.8 Å². The molecule has 0 aliphatic carbocycles. The molecule has 1 aliphatic heterocycles.